The molecule has 1 heterocycles. The number of hydrogen-bond acceptors (Lipinski definition) is 4. The molecule has 102 valence electrons. The van der Waals surface area contributed by atoms with Crippen molar-refractivity contribution >= 4 is 29.7 Å². The Balaban J connectivity index is 2.38. The Kier molecular flexibility index (Phi) is 4.61. The first kappa shape index (κ1) is 14.8. The van der Waals surface area contributed by atoms with E-state index in [9.17, 15) is 14.4 Å². The number of hydrogen-bond donors (Lipinski definition) is 2. The Morgan fingerprint density at radius 3 is 2.56 bits per heavy atom. The summed E-state index contributed by atoms with van der Waals surface area (Å²) in [4.78, 5) is 35.0. The lowest BCUT2D eigenvalue weighted by molar-refractivity contribution is -0.137. The number of urea groups is 1. The van der Waals surface area contributed by atoms with Crippen LogP contribution in [0.1, 0.15) is 27.2 Å². The summed E-state index contributed by atoms with van der Waals surface area (Å²) in [5, 5.41) is 11.2. The van der Waals surface area contributed by atoms with Gasteiger partial charge in [-0.25, -0.2) is 4.79 Å². The SMILES string of the molecule is CC(CC(=O)O)SCCN1C(=O)NC(C)(C)C1=O. The first-order valence-electron chi connectivity index (χ1n) is 5.71. The van der Waals surface area contributed by atoms with Crippen molar-refractivity contribution in [2.24, 2.45) is 0 Å². The number of carboxylic acids is 1. The van der Waals surface area contributed by atoms with Crippen LogP contribution in [0.4, 0.5) is 4.79 Å². The molecule has 0 radical (unpaired) electrons. The number of nitrogens with one attached hydrogen (secondary N) is 1. The summed E-state index contributed by atoms with van der Waals surface area (Å²) in [6.45, 7) is 5.44. The van der Waals surface area contributed by atoms with Gasteiger partial charge in [-0.05, 0) is 13.8 Å². The summed E-state index contributed by atoms with van der Waals surface area (Å²) >= 11 is 1.44. The van der Waals surface area contributed by atoms with E-state index < -0.39 is 11.5 Å². The summed E-state index contributed by atoms with van der Waals surface area (Å²) in [6, 6.07) is -0.378. The molecule has 1 rings (SSSR count). The molecule has 0 aliphatic carbocycles. The monoisotopic (exact) mass is 274 g/mol. The third kappa shape index (κ3) is 3.63. The van der Waals surface area contributed by atoms with E-state index in [1.54, 1.807) is 13.8 Å². The molecule has 2 N–H and O–H groups in total. The molecule has 1 aliphatic rings. The number of rotatable bonds is 6. The average Bonchev–Trinajstić information content (AvgIpc) is 2.38. The predicted octanol–water partition coefficient (Wildman–Crippen LogP) is 0.913. The fourth-order valence-corrected chi connectivity index (χ4v) is 2.62. The van der Waals surface area contributed by atoms with Crippen molar-refractivity contribution in [1.82, 2.24) is 10.2 Å². The van der Waals surface area contributed by atoms with E-state index in [0.717, 1.165) is 0 Å². The van der Waals surface area contributed by atoms with Crippen LogP contribution < -0.4 is 5.32 Å². The second-order valence-electron chi connectivity index (χ2n) is 4.79. The van der Waals surface area contributed by atoms with E-state index >= 15 is 0 Å². The van der Waals surface area contributed by atoms with Gasteiger partial charge in [0.1, 0.15) is 5.54 Å². The van der Waals surface area contributed by atoms with Crippen LogP contribution in [0.15, 0.2) is 0 Å². The number of carboxylic acid groups (broad SMARTS) is 1. The topological polar surface area (TPSA) is 86.7 Å². The molecule has 1 fully saturated rings. The maximum Gasteiger partial charge on any atom is 0.325 e. The number of amides is 3. The molecule has 1 saturated heterocycles. The molecule has 1 unspecified atom stereocenters. The number of carbonyl (C=O) groups is 3. The van der Waals surface area contributed by atoms with Crippen LogP contribution in [0.25, 0.3) is 0 Å². The van der Waals surface area contributed by atoms with Gasteiger partial charge in [-0.3, -0.25) is 14.5 Å². The highest BCUT2D eigenvalue weighted by Crippen LogP contribution is 2.19. The Hall–Kier alpha value is -1.24. The van der Waals surface area contributed by atoms with Gasteiger partial charge in [0.05, 0.1) is 6.42 Å². The first-order valence-corrected chi connectivity index (χ1v) is 6.76. The van der Waals surface area contributed by atoms with Crippen LogP contribution in [0.2, 0.25) is 0 Å². The number of carbonyl (C=O) groups excluding carboxylic acids is 2. The van der Waals surface area contributed by atoms with Crippen molar-refractivity contribution in [1.29, 1.82) is 0 Å². The Bertz CT molecular complexity index is 370. The summed E-state index contributed by atoms with van der Waals surface area (Å²) < 4.78 is 0. The van der Waals surface area contributed by atoms with Crippen LogP contribution in [0.5, 0.6) is 0 Å². The highest BCUT2D eigenvalue weighted by atomic mass is 32.2. The highest BCUT2D eigenvalue weighted by Gasteiger charge is 2.43. The minimum Gasteiger partial charge on any atom is -0.481 e. The van der Waals surface area contributed by atoms with Gasteiger partial charge in [-0.2, -0.15) is 11.8 Å². The van der Waals surface area contributed by atoms with Crippen molar-refractivity contribution in [2.45, 2.75) is 38.0 Å². The summed E-state index contributed by atoms with van der Waals surface area (Å²) in [5.74, 6) is -0.533. The van der Waals surface area contributed by atoms with Gasteiger partial charge in [-0.1, -0.05) is 6.92 Å². The maximum absolute atomic E-state index is 11.8. The average molecular weight is 274 g/mol. The molecule has 1 aliphatic heterocycles. The molecule has 0 aromatic carbocycles. The fourth-order valence-electron chi connectivity index (χ4n) is 1.67. The number of imide groups is 1. The molecule has 0 spiro atoms. The Labute approximate surface area is 110 Å². The Morgan fingerprint density at radius 1 is 1.50 bits per heavy atom. The van der Waals surface area contributed by atoms with Crippen LogP contribution in [-0.2, 0) is 9.59 Å². The van der Waals surface area contributed by atoms with Gasteiger partial charge in [0, 0.05) is 17.5 Å². The molecular formula is C11H18N2O4S. The van der Waals surface area contributed by atoms with Crippen molar-refractivity contribution in [3.63, 3.8) is 0 Å². The number of nitrogens with zero attached hydrogens (tertiary/aromatic N) is 1. The van der Waals surface area contributed by atoms with Gasteiger partial charge in [0.2, 0.25) is 0 Å². The van der Waals surface area contributed by atoms with Gasteiger partial charge in [-0.15, -0.1) is 0 Å². The highest BCUT2D eigenvalue weighted by molar-refractivity contribution is 7.99. The van der Waals surface area contributed by atoms with Crippen LogP contribution in [0, 0.1) is 0 Å². The summed E-state index contributed by atoms with van der Waals surface area (Å²) in [6.07, 6.45) is 0.0797. The van der Waals surface area contributed by atoms with E-state index in [2.05, 4.69) is 5.32 Å². The van der Waals surface area contributed by atoms with Gasteiger partial charge >= 0.3 is 12.0 Å². The van der Waals surface area contributed by atoms with Crippen LogP contribution in [0.3, 0.4) is 0 Å². The quantitative estimate of drug-likeness (QED) is 0.703. The maximum atomic E-state index is 11.8. The van der Waals surface area contributed by atoms with Crippen LogP contribution in [-0.4, -0.2) is 51.0 Å². The van der Waals surface area contributed by atoms with E-state index in [-0.39, 0.29) is 23.6 Å². The molecule has 0 bridgehead atoms. The Morgan fingerprint density at radius 2 is 2.11 bits per heavy atom. The fraction of sp³-hybridized carbons (Fsp3) is 0.727. The molecule has 18 heavy (non-hydrogen) atoms. The zero-order valence-corrected chi connectivity index (χ0v) is 11.5. The zero-order valence-electron chi connectivity index (χ0n) is 10.7. The second-order valence-corrected chi connectivity index (χ2v) is 6.34. The third-order valence-electron chi connectivity index (χ3n) is 2.62. The van der Waals surface area contributed by atoms with Crippen molar-refractivity contribution in [2.75, 3.05) is 12.3 Å². The molecule has 3 amide bonds. The molecule has 6 nitrogen and oxygen atoms in total. The minimum absolute atomic E-state index is 0.0312. The predicted molar refractivity (Wildman–Crippen MR) is 68.5 cm³/mol. The van der Waals surface area contributed by atoms with Crippen LogP contribution >= 0.6 is 11.8 Å². The second kappa shape index (κ2) is 5.60. The smallest absolute Gasteiger partial charge is 0.325 e. The number of thioether (sulfide) groups is 1. The molecule has 0 aromatic heterocycles. The zero-order chi connectivity index (χ0) is 13.9. The number of aliphatic carboxylic acids is 1. The van der Waals surface area contributed by atoms with E-state index in [1.807, 2.05) is 6.92 Å². The lowest BCUT2D eigenvalue weighted by Gasteiger charge is -2.16. The normalized spacial score (nSPS) is 19.8. The van der Waals surface area contributed by atoms with Crippen molar-refractivity contribution < 1.29 is 19.5 Å². The lowest BCUT2D eigenvalue weighted by atomic mass is 10.1. The molecule has 0 saturated carbocycles. The van der Waals surface area contributed by atoms with E-state index in [1.165, 1.54) is 16.7 Å². The molecule has 1 atom stereocenters. The van der Waals surface area contributed by atoms with E-state index in [4.69, 9.17) is 5.11 Å². The first-order chi connectivity index (χ1) is 8.24. The largest absolute Gasteiger partial charge is 0.481 e. The third-order valence-corrected chi connectivity index (χ3v) is 3.78. The van der Waals surface area contributed by atoms with Crippen molar-refractivity contribution in [3.05, 3.63) is 0 Å². The molecule has 0 aromatic rings. The molecular weight excluding hydrogens is 256 g/mol. The van der Waals surface area contributed by atoms with E-state index in [0.29, 0.717) is 12.3 Å². The summed E-state index contributed by atoms with van der Waals surface area (Å²) in [7, 11) is 0. The van der Waals surface area contributed by atoms with Gasteiger partial charge in [0.25, 0.3) is 5.91 Å². The standard InChI is InChI=1S/C11H18N2O4S/c1-7(6-8(14)15)18-5-4-13-9(16)11(2,3)12-10(13)17/h7H,4-6H2,1-3H3,(H,12,17)(H,14,15). The molecule has 7 heteroatoms. The van der Waals surface area contributed by atoms with Gasteiger partial charge < -0.3 is 10.4 Å². The van der Waals surface area contributed by atoms with Crippen molar-refractivity contribution in [3.8, 4) is 0 Å². The summed E-state index contributed by atoms with van der Waals surface area (Å²) in [5.41, 5.74) is -0.839. The lowest BCUT2D eigenvalue weighted by Crippen LogP contribution is -2.40. The van der Waals surface area contributed by atoms with Gasteiger partial charge in [0.15, 0.2) is 0 Å². The minimum atomic E-state index is -0.842.